The van der Waals surface area contributed by atoms with E-state index in [2.05, 4.69) is 12.2 Å². The van der Waals surface area contributed by atoms with Crippen LogP contribution in [0.15, 0.2) is 18.2 Å². The zero-order chi connectivity index (χ0) is 8.55. The molecule has 64 valence electrons. The molecule has 1 heterocycles. The Bertz CT molecular complexity index is 296. The Hall–Kier alpha value is -1.05. The molecular formula is C10H12FN. The van der Waals surface area contributed by atoms with E-state index in [0.717, 1.165) is 24.2 Å². The van der Waals surface area contributed by atoms with Crippen LogP contribution in [0.5, 0.6) is 0 Å². The molecule has 2 heteroatoms. The summed E-state index contributed by atoms with van der Waals surface area (Å²) in [4.78, 5) is 0. The summed E-state index contributed by atoms with van der Waals surface area (Å²) in [6.07, 6.45) is 1.02. The van der Waals surface area contributed by atoms with E-state index in [1.54, 1.807) is 6.07 Å². The van der Waals surface area contributed by atoms with E-state index in [9.17, 15) is 4.39 Å². The summed E-state index contributed by atoms with van der Waals surface area (Å²) in [5.74, 6) is 0.273. The molecule has 1 N–H and O–H groups in total. The van der Waals surface area contributed by atoms with Crippen molar-refractivity contribution in [2.24, 2.45) is 0 Å². The van der Waals surface area contributed by atoms with Crippen LogP contribution in [0.3, 0.4) is 0 Å². The molecule has 1 aromatic rings. The third-order valence-electron chi connectivity index (χ3n) is 2.44. The van der Waals surface area contributed by atoms with Gasteiger partial charge in [0.25, 0.3) is 0 Å². The Morgan fingerprint density at radius 3 is 3.08 bits per heavy atom. The smallest absolute Gasteiger partial charge is 0.128 e. The monoisotopic (exact) mass is 165 g/mol. The van der Waals surface area contributed by atoms with Crippen molar-refractivity contribution in [3.8, 4) is 0 Å². The normalized spacial score (nSPS) is 21.3. The standard InChI is InChI=1S/C10H12FN/c1-7-5-6-12-9-4-2-3-8(11)10(7)9/h2-4,7,12H,5-6H2,1H3. The number of hydrogen-bond acceptors (Lipinski definition) is 1. The molecule has 0 fully saturated rings. The van der Waals surface area contributed by atoms with E-state index in [0.29, 0.717) is 5.92 Å². The summed E-state index contributed by atoms with van der Waals surface area (Å²) in [6, 6.07) is 5.22. The molecule has 0 aromatic heterocycles. The fraction of sp³-hybridized carbons (Fsp3) is 0.400. The van der Waals surface area contributed by atoms with E-state index < -0.39 is 0 Å². The van der Waals surface area contributed by atoms with Crippen molar-refractivity contribution in [3.05, 3.63) is 29.6 Å². The van der Waals surface area contributed by atoms with Gasteiger partial charge >= 0.3 is 0 Å². The number of rotatable bonds is 0. The maximum Gasteiger partial charge on any atom is 0.128 e. The van der Waals surface area contributed by atoms with Crippen LogP contribution in [0, 0.1) is 5.82 Å². The highest BCUT2D eigenvalue weighted by Crippen LogP contribution is 2.32. The number of benzene rings is 1. The first-order valence-corrected chi connectivity index (χ1v) is 4.31. The van der Waals surface area contributed by atoms with Gasteiger partial charge in [-0.3, -0.25) is 0 Å². The first kappa shape index (κ1) is 7.59. The van der Waals surface area contributed by atoms with Gasteiger partial charge in [0.1, 0.15) is 5.82 Å². The van der Waals surface area contributed by atoms with E-state index in [1.807, 2.05) is 6.07 Å². The third kappa shape index (κ3) is 1.07. The van der Waals surface area contributed by atoms with E-state index in [1.165, 1.54) is 6.07 Å². The van der Waals surface area contributed by atoms with Crippen molar-refractivity contribution in [2.45, 2.75) is 19.3 Å². The minimum absolute atomic E-state index is 0.0767. The van der Waals surface area contributed by atoms with Gasteiger partial charge in [0.15, 0.2) is 0 Å². The predicted octanol–water partition coefficient (Wildman–Crippen LogP) is 2.74. The summed E-state index contributed by atoms with van der Waals surface area (Å²) in [6.45, 7) is 3.03. The second-order valence-electron chi connectivity index (χ2n) is 3.32. The molecule has 1 aliphatic rings. The molecular weight excluding hydrogens is 153 g/mol. The van der Waals surface area contributed by atoms with Gasteiger partial charge < -0.3 is 5.32 Å². The van der Waals surface area contributed by atoms with Crippen molar-refractivity contribution >= 4 is 5.69 Å². The maximum absolute atomic E-state index is 13.3. The highest BCUT2D eigenvalue weighted by molar-refractivity contribution is 5.55. The fourth-order valence-electron chi connectivity index (χ4n) is 1.76. The second kappa shape index (κ2) is 2.77. The maximum atomic E-state index is 13.3. The molecule has 0 saturated heterocycles. The molecule has 2 rings (SSSR count). The molecule has 0 radical (unpaired) electrons. The Kier molecular flexibility index (Phi) is 1.75. The fourth-order valence-corrected chi connectivity index (χ4v) is 1.76. The molecule has 1 unspecified atom stereocenters. The van der Waals surface area contributed by atoms with Crippen LogP contribution >= 0.6 is 0 Å². The molecule has 1 nitrogen and oxygen atoms in total. The van der Waals surface area contributed by atoms with Crippen LogP contribution in [0.25, 0.3) is 0 Å². The van der Waals surface area contributed by atoms with Crippen molar-refractivity contribution < 1.29 is 4.39 Å². The van der Waals surface area contributed by atoms with Gasteiger partial charge in [0, 0.05) is 17.8 Å². The molecule has 0 spiro atoms. The van der Waals surface area contributed by atoms with Gasteiger partial charge in [-0.1, -0.05) is 13.0 Å². The van der Waals surface area contributed by atoms with Crippen molar-refractivity contribution in [1.82, 2.24) is 0 Å². The van der Waals surface area contributed by atoms with Crippen molar-refractivity contribution in [1.29, 1.82) is 0 Å². The summed E-state index contributed by atoms with van der Waals surface area (Å²) in [5.41, 5.74) is 1.82. The molecule has 0 aliphatic carbocycles. The van der Waals surface area contributed by atoms with Gasteiger partial charge in [-0.2, -0.15) is 0 Å². The Labute approximate surface area is 71.6 Å². The Morgan fingerprint density at radius 1 is 1.50 bits per heavy atom. The summed E-state index contributed by atoms with van der Waals surface area (Å²) >= 11 is 0. The summed E-state index contributed by atoms with van der Waals surface area (Å²) < 4.78 is 13.3. The molecule has 1 aliphatic heterocycles. The SMILES string of the molecule is CC1CCNc2cccc(F)c21. The lowest BCUT2D eigenvalue weighted by Crippen LogP contribution is -2.16. The highest BCUT2D eigenvalue weighted by Gasteiger charge is 2.18. The van der Waals surface area contributed by atoms with Crippen LogP contribution in [-0.2, 0) is 0 Å². The Balaban J connectivity index is 2.53. The lowest BCUT2D eigenvalue weighted by molar-refractivity contribution is 0.572. The van der Waals surface area contributed by atoms with Crippen molar-refractivity contribution in [2.75, 3.05) is 11.9 Å². The number of anilines is 1. The van der Waals surface area contributed by atoms with Crippen molar-refractivity contribution in [3.63, 3.8) is 0 Å². The topological polar surface area (TPSA) is 12.0 Å². The summed E-state index contributed by atoms with van der Waals surface area (Å²) in [5, 5.41) is 3.19. The number of fused-ring (bicyclic) bond motifs is 1. The quantitative estimate of drug-likeness (QED) is 0.623. The van der Waals surface area contributed by atoms with Crippen LogP contribution in [-0.4, -0.2) is 6.54 Å². The molecule has 1 aromatic carbocycles. The van der Waals surface area contributed by atoms with Crippen LogP contribution in [0.1, 0.15) is 24.8 Å². The molecule has 0 amide bonds. The average molecular weight is 165 g/mol. The largest absolute Gasteiger partial charge is 0.385 e. The first-order valence-electron chi connectivity index (χ1n) is 4.31. The molecule has 0 saturated carbocycles. The lowest BCUT2D eigenvalue weighted by atomic mass is 9.92. The van der Waals surface area contributed by atoms with Crippen LogP contribution in [0.2, 0.25) is 0 Å². The third-order valence-corrected chi connectivity index (χ3v) is 2.44. The van der Waals surface area contributed by atoms with Gasteiger partial charge in [-0.05, 0) is 24.5 Å². The minimum Gasteiger partial charge on any atom is -0.385 e. The summed E-state index contributed by atoms with van der Waals surface area (Å²) in [7, 11) is 0. The minimum atomic E-state index is -0.0767. The zero-order valence-corrected chi connectivity index (χ0v) is 7.10. The average Bonchev–Trinajstić information content (AvgIpc) is 2.04. The lowest BCUT2D eigenvalue weighted by Gasteiger charge is -2.23. The van der Waals surface area contributed by atoms with E-state index >= 15 is 0 Å². The Morgan fingerprint density at radius 2 is 2.33 bits per heavy atom. The van der Waals surface area contributed by atoms with Gasteiger partial charge in [-0.15, -0.1) is 0 Å². The highest BCUT2D eigenvalue weighted by atomic mass is 19.1. The van der Waals surface area contributed by atoms with Crippen LogP contribution in [0.4, 0.5) is 10.1 Å². The predicted molar refractivity (Wildman–Crippen MR) is 47.9 cm³/mol. The number of halogens is 1. The molecule has 1 atom stereocenters. The first-order chi connectivity index (χ1) is 5.79. The molecule has 0 bridgehead atoms. The number of nitrogens with one attached hydrogen (secondary N) is 1. The van der Waals surface area contributed by atoms with Crippen LogP contribution < -0.4 is 5.32 Å². The second-order valence-corrected chi connectivity index (χ2v) is 3.32. The van der Waals surface area contributed by atoms with Gasteiger partial charge in [0.05, 0.1) is 0 Å². The van der Waals surface area contributed by atoms with E-state index in [4.69, 9.17) is 0 Å². The van der Waals surface area contributed by atoms with E-state index in [-0.39, 0.29) is 5.82 Å². The van der Waals surface area contributed by atoms with Gasteiger partial charge in [0.2, 0.25) is 0 Å². The molecule has 12 heavy (non-hydrogen) atoms. The number of hydrogen-bond donors (Lipinski definition) is 1. The zero-order valence-electron chi connectivity index (χ0n) is 7.10. The van der Waals surface area contributed by atoms with Gasteiger partial charge in [-0.25, -0.2) is 4.39 Å².